The number of amides is 1. The van der Waals surface area contributed by atoms with E-state index in [9.17, 15) is 4.79 Å². The average Bonchev–Trinajstić information content (AvgIpc) is 2.71. The fraction of sp³-hybridized carbons (Fsp3) is 0.733. The Morgan fingerprint density at radius 3 is 2.62 bits per heavy atom. The lowest BCUT2D eigenvalue weighted by molar-refractivity contribution is 0.0193. The fourth-order valence-corrected chi connectivity index (χ4v) is 1.87. The van der Waals surface area contributed by atoms with Crippen LogP contribution in [0.5, 0.6) is 0 Å². The maximum atomic E-state index is 12.1. The van der Waals surface area contributed by atoms with Gasteiger partial charge in [-0.2, -0.15) is 5.10 Å². The molecule has 0 saturated heterocycles. The van der Waals surface area contributed by atoms with E-state index in [0.717, 1.165) is 12.2 Å². The van der Waals surface area contributed by atoms with E-state index in [-0.39, 0.29) is 12.1 Å². The molecule has 0 aromatic carbocycles. The molecule has 1 rings (SSSR count). The van der Waals surface area contributed by atoms with Crippen molar-refractivity contribution in [3.8, 4) is 0 Å². The maximum absolute atomic E-state index is 12.1. The van der Waals surface area contributed by atoms with E-state index in [1.165, 1.54) is 0 Å². The molecule has 0 fully saturated rings. The number of rotatable bonds is 6. The second-order valence-electron chi connectivity index (χ2n) is 6.39. The number of aromatic nitrogens is 2. The number of hydrogen-bond acceptors (Lipinski definition) is 4. The first kappa shape index (κ1) is 17.5. The molecule has 1 N–H and O–H groups in total. The molecule has 0 bridgehead atoms. The van der Waals surface area contributed by atoms with E-state index in [2.05, 4.69) is 10.4 Å². The summed E-state index contributed by atoms with van der Waals surface area (Å²) >= 11 is 0. The van der Waals surface area contributed by atoms with Crippen molar-refractivity contribution in [2.24, 2.45) is 7.05 Å². The van der Waals surface area contributed by atoms with Crippen molar-refractivity contribution in [3.05, 3.63) is 18.0 Å². The molecule has 0 unspecified atom stereocenters. The highest BCUT2D eigenvalue weighted by Crippen LogP contribution is 2.11. The lowest BCUT2D eigenvalue weighted by atomic mass is 10.2. The van der Waals surface area contributed by atoms with Crippen molar-refractivity contribution in [2.45, 2.75) is 52.8 Å². The number of carbonyl (C=O) groups excluding carboxylic acids is 1. The summed E-state index contributed by atoms with van der Waals surface area (Å²) < 4.78 is 7.26. The monoisotopic (exact) mass is 296 g/mol. The normalized spacial score (nSPS) is 11.8. The van der Waals surface area contributed by atoms with Crippen LogP contribution in [-0.4, -0.2) is 45.5 Å². The van der Waals surface area contributed by atoms with Crippen molar-refractivity contribution in [2.75, 3.05) is 13.1 Å². The summed E-state index contributed by atoms with van der Waals surface area (Å²) in [6.45, 7) is 11.7. The van der Waals surface area contributed by atoms with Crippen molar-refractivity contribution < 1.29 is 9.53 Å². The first-order chi connectivity index (χ1) is 9.70. The van der Waals surface area contributed by atoms with Gasteiger partial charge in [-0.3, -0.25) is 4.68 Å². The predicted octanol–water partition coefficient (Wildman–Crippen LogP) is 2.16. The summed E-state index contributed by atoms with van der Waals surface area (Å²) in [6, 6.07) is 2.08. The molecule has 0 atom stereocenters. The summed E-state index contributed by atoms with van der Waals surface area (Å²) in [5.41, 5.74) is 0.648. The third-order valence-corrected chi connectivity index (χ3v) is 3.01. The van der Waals surface area contributed by atoms with Crippen LogP contribution in [0.2, 0.25) is 0 Å². The molecular formula is C15H28N4O2. The van der Waals surface area contributed by atoms with E-state index in [4.69, 9.17) is 4.74 Å². The van der Waals surface area contributed by atoms with Gasteiger partial charge in [0.1, 0.15) is 5.60 Å². The molecule has 0 aliphatic rings. The van der Waals surface area contributed by atoms with Crippen molar-refractivity contribution in [1.29, 1.82) is 0 Å². The van der Waals surface area contributed by atoms with Gasteiger partial charge in [0.05, 0.1) is 5.69 Å². The van der Waals surface area contributed by atoms with Crippen LogP contribution >= 0.6 is 0 Å². The first-order valence-corrected chi connectivity index (χ1v) is 7.38. The van der Waals surface area contributed by atoms with Gasteiger partial charge in [0.2, 0.25) is 0 Å². The Morgan fingerprint density at radius 2 is 2.14 bits per heavy atom. The number of carbonyl (C=O) groups is 1. The highest BCUT2D eigenvalue weighted by molar-refractivity contribution is 5.68. The van der Waals surface area contributed by atoms with E-state index in [1.54, 1.807) is 11.1 Å². The Kier molecular flexibility index (Phi) is 6.20. The number of nitrogens with zero attached hydrogens (tertiary/aromatic N) is 3. The van der Waals surface area contributed by atoms with Gasteiger partial charge in [0.15, 0.2) is 0 Å². The molecule has 0 aliphatic heterocycles. The minimum absolute atomic E-state index is 0.110. The summed E-state index contributed by atoms with van der Waals surface area (Å²) in [6.07, 6.45) is 1.51. The molecule has 1 aromatic heterocycles. The van der Waals surface area contributed by atoms with Crippen LogP contribution in [0, 0.1) is 0 Å². The second-order valence-corrected chi connectivity index (χ2v) is 6.39. The van der Waals surface area contributed by atoms with Crippen LogP contribution < -0.4 is 5.32 Å². The van der Waals surface area contributed by atoms with Crippen LogP contribution in [-0.2, 0) is 18.3 Å². The van der Waals surface area contributed by atoms with Crippen molar-refractivity contribution in [1.82, 2.24) is 20.0 Å². The van der Waals surface area contributed by atoms with Gasteiger partial charge < -0.3 is 15.0 Å². The topological polar surface area (TPSA) is 59.4 Å². The van der Waals surface area contributed by atoms with E-state index in [0.29, 0.717) is 13.1 Å². The van der Waals surface area contributed by atoms with E-state index in [1.807, 2.05) is 52.4 Å². The van der Waals surface area contributed by atoms with Gasteiger partial charge in [-0.1, -0.05) is 0 Å². The highest BCUT2D eigenvalue weighted by Gasteiger charge is 2.23. The zero-order valence-electron chi connectivity index (χ0n) is 14.0. The third-order valence-electron chi connectivity index (χ3n) is 3.01. The van der Waals surface area contributed by atoms with Crippen LogP contribution in [0.4, 0.5) is 4.79 Å². The van der Waals surface area contributed by atoms with Crippen LogP contribution in [0.25, 0.3) is 0 Å². The Bertz CT molecular complexity index is 449. The zero-order chi connectivity index (χ0) is 16.0. The fourth-order valence-electron chi connectivity index (χ4n) is 1.87. The summed E-state index contributed by atoms with van der Waals surface area (Å²) in [5, 5.41) is 7.44. The van der Waals surface area contributed by atoms with E-state index >= 15 is 0 Å². The Balaban J connectivity index is 2.41. The molecule has 1 heterocycles. The summed E-state index contributed by atoms with van der Waals surface area (Å²) in [4.78, 5) is 13.9. The van der Waals surface area contributed by atoms with Gasteiger partial charge >= 0.3 is 6.09 Å². The standard InChI is InChI=1S/C15H28N4O2/c1-12(2)19(14(20)21-15(3,4)5)10-9-16-11-13-7-8-17-18(13)6/h7-8,12,16H,9-11H2,1-6H3. The molecule has 0 spiro atoms. The molecule has 120 valence electrons. The molecule has 0 radical (unpaired) electrons. The number of nitrogens with one attached hydrogen (secondary N) is 1. The van der Waals surface area contributed by atoms with Gasteiger partial charge in [0, 0.05) is 38.9 Å². The smallest absolute Gasteiger partial charge is 0.410 e. The van der Waals surface area contributed by atoms with Crippen LogP contribution in [0.15, 0.2) is 12.3 Å². The highest BCUT2D eigenvalue weighted by atomic mass is 16.6. The molecule has 6 heteroatoms. The lowest BCUT2D eigenvalue weighted by Gasteiger charge is -2.30. The molecule has 0 saturated carbocycles. The lowest BCUT2D eigenvalue weighted by Crippen LogP contribution is -2.44. The molecule has 1 aromatic rings. The van der Waals surface area contributed by atoms with Crippen molar-refractivity contribution >= 4 is 6.09 Å². The Morgan fingerprint density at radius 1 is 1.48 bits per heavy atom. The van der Waals surface area contributed by atoms with Gasteiger partial charge in [0.25, 0.3) is 0 Å². The average molecular weight is 296 g/mol. The predicted molar refractivity (Wildman–Crippen MR) is 83.0 cm³/mol. The quantitative estimate of drug-likeness (QED) is 0.817. The van der Waals surface area contributed by atoms with Crippen LogP contribution in [0.1, 0.15) is 40.3 Å². The van der Waals surface area contributed by atoms with Crippen molar-refractivity contribution in [3.63, 3.8) is 0 Å². The molecule has 21 heavy (non-hydrogen) atoms. The Labute approximate surface area is 127 Å². The van der Waals surface area contributed by atoms with Gasteiger partial charge in [-0.05, 0) is 40.7 Å². The molecule has 0 aliphatic carbocycles. The summed E-state index contributed by atoms with van der Waals surface area (Å²) in [5.74, 6) is 0. The van der Waals surface area contributed by atoms with Gasteiger partial charge in [-0.25, -0.2) is 4.79 Å². The molecule has 1 amide bonds. The minimum Gasteiger partial charge on any atom is -0.444 e. The number of hydrogen-bond donors (Lipinski definition) is 1. The summed E-state index contributed by atoms with van der Waals surface area (Å²) in [7, 11) is 1.91. The minimum atomic E-state index is -0.466. The second kappa shape index (κ2) is 7.45. The number of aryl methyl sites for hydroxylation is 1. The van der Waals surface area contributed by atoms with E-state index < -0.39 is 5.60 Å². The molecular weight excluding hydrogens is 268 g/mol. The SMILES string of the molecule is CC(C)N(CCNCc1ccnn1C)C(=O)OC(C)(C)C. The number of ether oxygens (including phenoxy) is 1. The largest absolute Gasteiger partial charge is 0.444 e. The van der Waals surface area contributed by atoms with Gasteiger partial charge in [-0.15, -0.1) is 0 Å². The first-order valence-electron chi connectivity index (χ1n) is 7.38. The maximum Gasteiger partial charge on any atom is 0.410 e. The zero-order valence-corrected chi connectivity index (χ0v) is 14.0. The Hall–Kier alpha value is -1.56. The van der Waals surface area contributed by atoms with Crippen LogP contribution in [0.3, 0.4) is 0 Å². The third kappa shape index (κ3) is 6.16. The molecule has 6 nitrogen and oxygen atoms in total.